The van der Waals surface area contributed by atoms with E-state index in [4.69, 9.17) is 37.0 Å². The number of unbranched alkanes of at least 4 members (excludes halogenated alkanes) is 40. The second kappa shape index (κ2) is 66.8. The quantitative estimate of drug-likeness (QED) is 0.0169. The number of carbonyl (C=O) groups excluding carboxylic acids is 4. The van der Waals surface area contributed by atoms with Crippen LogP contribution in [0.1, 0.15) is 362 Å². The van der Waals surface area contributed by atoms with E-state index in [0.717, 1.165) is 115 Å². The topological polar surface area (TPSA) is 237 Å². The normalized spacial score (nSPS) is 14.5. The number of aliphatic hydroxyl groups is 1. The van der Waals surface area contributed by atoms with Gasteiger partial charge in [-0.15, -0.1) is 0 Å². The highest BCUT2D eigenvalue weighted by Crippen LogP contribution is 2.45. The van der Waals surface area contributed by atoms with Gasteiger partial charge in [-0.1, -0.05) is 309 Å². The zero-order valence-electron chi connectivity index (χ0n) is 59.9. The van der Waals surface area contributed by atoms with Crippen LogP contribution in [-0.4, -0.2) is 96.7 Å². The molecule has 19 heteroatoms. The summed E-state index contributed by atoms with van der Waals surface area (Å²) in [5.41, 5.74) is 0. The summed E-state index contributed by atoms with van der Waals surface area (Å²) in [4.78, 5) is 72.6. The van der Waals surface area contributed by atoms with E-state index < -0.39 is 97.5 Å². The van der Waals surface area contributed by atoms with E-state index in [1.165, 1.54) is 167 Å². The summed E-state index contributed by atoms with van der Waals surface area (Å²) < 4.78 is 68.3. The van der Waals surface area contributed by atoms with Gasteiger partial charge in [0.2, 0.25) is 0 Å². The summed E-state index contributed by atoms with van der Waals surface area (Å²) in [6.45, 7) is 7.15. The van der Waals surface area contributed by atoms with Gasteiger partial charge in [-0.3, -0.25) is 37.3 Å². The highest BCUT2D eigenvalue weighted by atomic mass is 31.2. The number of rotatable bonds is 72. The molecule has 0 aliphatic carbocycles. The second-order valence-corrected chi connectivity index (χ2v) is 29.1. The van der Waals surface area contributed by atoms with Crippen molar-refractivity contribution >= 4 is 39.5 Å². The van der Waals surface area contributed by atoms with E-state index in [0.29, 0.717) is 25.7 Å². The molecule has 548 valence electrons. The lowest BCUT2D eigenvalue weighted by molar-refractivity contribution is -0.161. The summed E-state index contributed by atoms with van der Waals surface area (Å²) in [6, 6.07) is 0. The monoisotopic (exact) mass is 1360 g/mol. The van der Waals surface area contributed by atoms with Gasteiger partial charge in [-0.25, -0.2) is 9.13 Å². The average molecular weight is 1360 g/mol. The second-order valence-electron chi connectivity index (χ2n) is 26.2. The summed E-state index contributed by atoms with van der Waals surface area (Å²) in [7, 11) is -9.92. The van der Waals surface area contributed by atoms with Crippen LogP contribution >= 0.6 is 15.6 Å². The smallest absolute Gasteiger partial charge is 0.462 e. The Hall–Kier alpha value is -2.46. The van der Waals surface area contributed by atoms with Gasteiger partial charge < -0.3 is 33.8 Å². The maximum Gasteiger partial charge on any atom is 0.472 e. The number of phosphoric acid groups is 2. The lowest BCUT2D eigenvalue weighted by atomic mass is 10.00. The Balaban J connectivity index is 5.26. The Bertz CT molecular complexity index is 1880. The number of hydrogen-bond donors (Lipinski definition) is 3. The summed E-state index contributed by atoms with van der Waals surface area (Å²) in [5, 5.41) is 10.6. The Kier molecular flexibility index (Phi) is 65.0. The Labute approximate surface area is 567 Å². The van der Waals surface area contributed by atoms with Crippen LogP contribution in [0.3, 0.4) is 0 Å². The maximum atomic E-state index is 13.1. The van der Waals surface area contributed by atoms with E-state index >= 15 is 0 Å². The summed E-state index contributed by atoms with van der Waals surface area (Å²) in [6.07, 6.45) is 57.7. The van der Waals surface area contributed by atoms with Gasteiger partial charge in [0, 0.05) is 25.7 Å². The van der Waals surface area contributed by atoms with E-state index in [9.17, 15) is 43.2 Å². The van der Waals surface area contributed by atoms with Crippen molar-refractivity contribution < 1.29 is 80.2 Å². The fraction of sp³-hybridized carbons (Fsp3) is 0.892. The molecule has 0 aromatic carbocycles. The number of phosphoric ester groups is 2. The molecule has 0 spiro atoms. The van der Waals surface area contributed by atoms with Crippen LogP contribution in [0.2, 0.25) is 0 Å². The van der Waals surface area contributed by atoms with E-state index in [2.05, 4.69) is 58.9 Å². The van der Waals surface area contributed by atoms with Gasteiger partial charge in [-0.2, -0.15) is 0 Å². The number of carbonyl (C=O) groups is 4. The van der Waals surface area contributed by atoms with Crippen molar-refractivity contribution in [3.63, 3.8) is 0 Å². The van der Waals surface area contributed by atoms with Crippen molar-refractivity contribution in [3.05, 3.63) is 24.3 Å². The molecule has 0 rings (SSSR count). The predicted molar refractivity (Wildman–Crippen MR) is 377 cm³/mol. The van der Waals surface area contributed by atoms with Crippen LogP contribution in [0.5, 0.6) is 0 Å². The first-order chi connectivity index (χ1) is 45.1. The van der Waals surface area contributed by atoms with Crippen molar-refractivity contribution in [2.75, 3.05) is 39.6 Å². The molecule has 93 heavy (non-hydrogen) atoms. The van der Waals surface area contributed by atoms with Gasteiger partial charge in [0.05, 0.1) is 26.4 Å². The number of allylic oxidation sites excluding steroid dienone is 4. The highest BCUT2D eigenvalue weighted by molar-refractivity contribution is 7.47. The largest absolute Gasteiger partial charge is 0.472 e. The number of ether oxygens (including phenoxy) is 4. The van der Waals surface area contributed by atoms with Gasteiger partial charge in [0.25, 0.3) is 0 Å². The molecule has 17 nitrogen and oxygen atoms in total. The zero-order valence-corrected chi connectivity index (χ0v) is 61.7. The maximum absolute atomic E-state index is 13.1. The SMILES string of the molecule is CCCCCC/C=C\C=C/CCCCCCCC(=O)OC[C@H](COP(=O)(O)OC[C@@H](O)COP(=O)(O)OC[C@@H](COC(=O)CCCCCCCCCCCC)OC(=O)CCCCCCCCC(C)CC)OC(=O)CCCCCCCCCCCCCCCCCCCC. The highest BCUT2D eigenvalue weighted by Gasteiger charge is 2.30. The number of hydrogen-bond acceptors (Lipinski definition) is 15. The molecule has 0 saturated heterocycles. The first kappa shape index (κ1) is 90.5. The fourth-order valence-electron chi connectivity index (χ4n) is 10.8. The zero-order chi connectivity index (χ0) is 68.4. The Morgan fingerprint density at radius 1 is 0.344 bits per heavy atom. The molecule has 0 bridgehead atoms. The Morgan fingerprint density at radius 3 is 0.914 bits per heavy atom. The minimum atomic E-state index is -4.96. The molecule has 0 aliphatic rings. The molecule has 3 N–H and O–H groups in total. The van der Waals surface area contributed by atoms with Crippen LogP contribution < -0.4 is 0 Å². The average Bonchev–Trinajstić information content (AvgIpc) is 1.62. The summed E-state index contributed by atoms with van der Waals surface area (Å²) >= 11 is 0. The third kappa shape index (κ3) is 66.6. The van der Waals surface area contributed by atoms with Gasteiger partial charge in [0.15, 0.2) is 12.2 Å². The Morgan fingerprint density at radius 2 is 0.602 bits per heavy atom. The van der Waals surface area contributed by atoms with E-state index in [1.54, 1.807) is 0 Å². The van der Waals surface area contributed by atoms with Crippen molar-refractivity contribution in [1.29, 1.82) is 0 Å². The molecular weight excluding hydrogens is 1220 g/mol. The predicted octanol–water partition coefficient (Wildman–Crippen LogP) is 21.2. The number of aliphatic hydroxyl groups excluding tert-OH is 1. The van der Waals surface area contributed by atoms with Crippen molar-refractivity contribution in [2.45, 2.75) is 380 Å². The molecule has 0 aliphatic heterocycles. The molecular formula is C74H140O17P2. The van der Waals surface area contributed by atoms with Crippen LogP contribution in [0.15, 0.2) is 24.3 Å². The third-order valence-electron chi connectivity index (χ3n) is 17.0. The van der Waals surface area contributed by atoms with Gasteiger partial charge in [0.1, 0.15) is 19.3 Å². The molecule has 0 radical (unpaired) electrons. The van der Waals surface area contributed by atoms with Crippen LogP contribution in [-0.2, 0) is 65.4 Å². The van der Waals surface area contributed by atoms with Gasteiger partial charge in [-0.05, 0) is 57.3 Å². The standard InChI is InChI=1S/C74H140O17P2/c1-6-10-13-16-19-22-25-27-29-30-31-33-35-37-40-43-49-54-59-73(78)90-69(63-84-72(77)58-53-48-42-39-36-34-32-28-26-23-20-17-14-11-7-2)65-88-92(80,81)86-61-68(75)62-87-93(82,83)89-66-70(91-74(79)60-55-50-45-44-46-51-56-67(5)9-4)64-85-71(76)57-52-47-41-38-24-21-18-15-12-8-3/h23,26,28,32,67-70,75H,6-22,24-25,27,29-31,33-66H2,1-5H3,(H,80,81)(H,82,83)/b26-23-,32-28-/t67?,68-,69-,70-/m1/s1. The van der Waals surface area contributed by atoms with Gasteiger partial charge >= 0.3 is 39.5 Å². The first-order valence-electron chi connectivity index (χ1n) is 38.0. The third-order valence-corrected chi connectivity index (χ3v) is 18.9. The molecule has 0 heterocycles. The van der Waals surface area contributed by atoms with Crippen molar-refractivity contribution in [1.82, 2.24) is 0 Å². The molecule has 0 aromatic rings. The van der Waals surface area contributed by atoms with Crippen LogP contribution in [0, 0.1) is 5.92 Å². The van der Waals surface area contributed by atoms with Crippen LogP contribution in [0.4, 0.5) is 0 Å². The van der Waals surface area contributed by atoms with Crippen LogP contribution in [0.25, 0.3) is 0 Å². The molecule has 0 fully saturated rings. The van der Waals surface area contributed by atoms with E-state index in [1.807, 2.05) is 0 Å². The molecule has 3 unspecified atom stereocenters. The van der Waals surface area contributed by atoms with Crippen molar-refractivity contribution in [3.8, 4) is 0 Å². The molecule has 0 saturated carbocycles. The minimum absolute atomic E-state index is 0.101. The molecule has 0 aromatic heterocycles. The lowest BCUT2D eigenvalue weighted by Crippen LogP contribution is -2.30. The number of esters is 4. The first-order valence-corrected chi connectivity index (χ1v) is 41.0. The summed E-state index contributed by atoms with van der Waals surface area (Å²) in [5.74, 6) is -1.43. The molecule has 6 atom stereocenters. The van der Waals surface area contributed by atoms with E-state index in [-0.39, 0.29) is 25.7 Å². The fourth-order valence-corrected chi connectivity index (χ4v) is 12.4. The van der Waals surface area contributed by atoms with Crippen molar-refractivity contribution in [2.24, 2.45) is 5.92 Å². The lowest BCUT2D eigenvalue weighted by Gasteiger charge is -2.21. The molecule has 0 amide bonds. The minimum Gasteiger partial charge on any atom is -0.462 e.